The van der Waals surface area contributed by atoms with Crippen molar-refractivity contribution < 1.29 is 13.9 Å². The van der Waals surface area contributed by atoms with E-state index in [1.807, 2.05) is 18.2 Å². The van der Waals surface area contributed by atoms with Gasteiger partial charge < -0.3 is 4.90 Å². The molecule has 1 fully saturated rings. The van der Waals surface area contributed by atoms with Gasteiger partial charge in [-0.2, -0.15) is 10.6 Å². The van der Waals surface area contributed by atoms with E-state index in [2.05, 4.69) is 6.92 Å². The summed E-state index contributed by atoms with van der Waals surface area (Å²) in [5.41, 5.74) is 1.00. The summed E-state index contributed by atoms with van der Waals surface area (Å²) in [6, 6.07) is 14.3. The number of benzene rings is 2. The van der Waals surface area contributed by atoms with E-state index >= 15 is 0 Å². The molecule has 0 spiro atoms. The fourth-order valence-electron chi connectivity index (χ4n) is 4.39. The van der Waals surface area contributed by atoms with Crippen LogP contribution in [0, 0.1) is 5.92 Å². The van der Waals surface area contributed by atoms with Gasteiger partial charge >= 0.3 is 0 Å². The van der Waals surface area contributed by atoms with Crippen molar-refractivity contribution in [1.29, 1.82) is 0 Å². The Labute approximate surface area is 205 Å². The largest absolute Gasteiger partial charge is 0.339 e. The molecule has 1 unspecified atom stereocenters. The maximum atomic E-state index is 13.5. The Kier molecular flexibility index (Phi) is 7.62. The Bertz CT molecular complexity index is 1240. The van der Waals surface area contributed by atoms with Crippen LogP contribution in [0.2, 0.25) is 5.02 Å². The van der Waals surface area contributed by atoms with Gasteiger partial charge in [-0.3, -0.25) is 23.3 Å². The van der Waals surface area contributed by atoms with Crippen molar-refractivity contribution in [3.05, 3.63) is 69.7 Å². The molecule has 0 radical (unpaired) electrons. The zero-order chi connectivity index (χ0) is 24.3. The van der Waals surface area contributed by atoms with Gasteiger partial charge in [0.15, 0.2) is 0 Å². The smallest absolute Gasteiger partial charge is 0.265 e. The molecule has 0 aliphatic carbocycles. The number of hydrogen-bond acceptors (Lipinski definition) is 5. The van der Waals surface area contributed by atoms with Crippen molar-refractivity contribution in [1.82, 2.24) is 14.5 Å². The molecule has 0 bridgehead atoms. The monoisotopic (exact) mass is 503 g/mol. The third kappa shape index (κ3) is 5.46. The van der Waals surface area contributed by atoms with Gasteiger partial charge in [0.1, 0.15) is 5.82 Å². The van der Waals surface area contributed by atoms with Crippen LogP contribution in [0.25, 0.3) is 16.6 Å². The van der Waals surface area contributed by atoms with E-state index in [-0.39, 0.29) is 28.9 Å². The summed E-state index contributed by atoms with van der Waals surface area (Å²) in [6.07, 6.45) is 2.78. The average Bonchev–Trinajstić information content (AvgIpc) is 2.81. The molecule has 0 saturated carbocycles. The zero-order valence-corrected chi connectivity index (χ0v) is 20.8. The Morgan fingerprint density at radius 2 is 1.88 bits per heavy atom. The van der Waals surface area contributed by atoms with Gasteiger partial charge in [0.25, 0.3) is 5.56 Å². The molecule has 1 aliphatic rings. The van der Waals surface area contributed by atoms with Crippen LogP contribution in [0.15, 0.2) is 53.3 Å². The molecule has 1 atom stereocenters. The van der Waals surface area contributed by atoms with E-state index in [0.717, 1.165) is 12.8 Å². The van der Waals surface area contributed by atoms with Gasteiger partial charge in [0.2, 0.25) is 5.91 Å². The predicted octanol–water partition coefficient (Wildman–Crippen LogP) is 4.98. The molecule has 1 saturated heterocycles. The average molecular weight is 504 g/mol. The molecule has 4 rings (SSSR count). The molecule has 2 N–H and O–H groups in total. The maximum absolute atomic E-state index is 13.5. The normalized spacial score (nSPS) is 17.5. The number of unbranched alkanes of at least 4 members (excludes halogenated alkanes) is 1. The van der Waals surface area contributed by atoms with Crippen LogP contribution < -0.4 is 5.56 Å². The highest BCUT2D eigenvalue weighted by atomic mass is 35.5. The first-order valence-corrected chi connectivity index (χ1v) is 13.8. The van der Waals surface area contributed by atoms with Crippen LogP contribution in [0.5, 0.6) is 0 Å². The highest BCUT2D eigenvalue weighted by Crippen LogP contribution is 2.40. The lowest BCUT2D eigenvalue weighted by Gasteiger charge is -2.41. The summed E-state index contributed by atoms with van der Waals surface area (Å²) in [5, 5.41) is 1.01. The van der Waals surface area contributed by atoms with E-state index in [4.69, 9.17) is 16.6 Å². The molecule has 1 aromatic heterocycles. The van der Waals surface area contributed by atoms with Gasteiger partial charge in [0, 0.05) is 30.5 Å². The van der Waals surface area contributed by atoms with E-state index in [1.54, 1.807) is 39.8 Å². The second kappa shape index (κ2) is 10.5. The van der Waals surface area contributed by atoms with Crippen molar-refractivity contribution in [3.63, 3.8) is 0 Å². The summed E-state index contributed by atoms with van der Waals surface area (Å²) in [7, 11) is -2.59. The third-order valence-electron chi connectivity index (χ3n) is 6.28. The zero-order valence-electron chi connectivity index (χ0n) is 19.2. The van der Waals surface area contributed by atoms with E-state index in [9.17, 15) is 18.7 Å². The molecular formula is C25H30ClN3O4S. The Morgan fingerprint density at radius 3 is 2.59 bits per heavy atom. The van der Waals surface area contributed by atoms with Crippen LogP contribution >= 0.6 is 22.2 Å². The first kappa shape index (κ1) is 24.7. The summed E-state index contributed by atoms with van der Waals surface area (Å²) in [4.78, 5) is 33.6. The lowest BCUT2D eigenvalue weighted by atomic mass is 9.95. The molecular weight excluding hydrogens is 474 g/mol. The molecule has 7 nitrogen and oxygen atoms in total. The van der Waals surface area contributed by atoms with Gasteiger partial charge in [-0.15, -0.1) is 0 Å². The number of aromatic nitrogens is 2. The number of fused-ring (bicyclic) bond motifs is 1. The van der Waals surface area contributed by atoms with Crippen molar-refractivity contribution in [3.8, 4) is 5.69 Å². The van der Waals surface area contributed by atoms with Gasteiger partial charge in [0.05, 0.1) is 28.1 Å². The fraction of sp³-hybridized carbons (Fsp3) is 0.400. The Balaban J connectivity index is 1.75. The van der Waals surface area contributed by atoms with Crippen LogP contribution in [0.4, 0.5) is 0 Å². The van der Waals surface area contributed by atoms with Crippen molar-refractivity contribution in [2.45, 2.75) is 32.6 Å². The number of halogens is 1. The summed E-state index contributed by atoms with van der Waals surface area (Å²) < 4.78 is 21.5. The van der Waals surface area contributed by atoms with Crippen LogP contribution in [0.1, 0.15) is 32.0 Å². The lowest BCUT2D eigenvalue weighted by molar-refractivity contribution is -0.135. The highest BCUT2D eigenvalue weighted by molar-refractivity contribution is 8.24. The number of carbonyl (C=O) groups excluding carboxylic acids is 1. The lowest BCUT2D eigenvalue weighted by Crippen LogP contribution is -2.45. The highest BCUT2D eigenvalue weighted by Gasteiger charge is 2.31. The fourth-order valence-corrected chi connectivity index (χ4v) is 5.80. The molecule has 3 aromatic rings. The Hall–Kier alpha value is -2.39. The molecule has 182 valence electrons. The summed E-state index contributed by atoms with van der Waals surface area (Å²) in [5.74, 6) is 0.546. The molecule has 1 aliphatic heterocycles. The number of para-hydroxylation sites is 1. The number of carbonyl (C=O) groups is 1. The molecule has 1 amide bonds. The second-order valence-electron chi connectivity index (χ2n) is 8.74. The van der Waals surface area contributed by atoms with Crippen molar-refractivity contribution in [2.75, 3.05) is 24.6 Å². The van der Waals surface area contributed by atoms with Crippen LogP contribution in [-0.2, 0) is 11.2 Å². The first-order chi connectivity index (χ1) is 16.3. The first-order valence-electron chi connectivity index (χ1n) is 11.6. The van der Waals surface area contributed by atoms with E-state index < -0.39 is 10.6 Å². The van der Waals surface area contributed by atoms with Crippen LogP contribution in [0.3, 0.4) is 0 Å². The molecule has 34 heavy (non-hydrogen) atoms. The number of nitrogens with zero attached hydrogens (tertiary/aromatic N) is 3. The van der Waals surface area contributed by atoms with Crippen LogP contribution in [-0.4, -0.2) is 54.1 Å². The third-order valence-corrected chi connectivity index (χ3v) is 8.19. The SMILES string of the molecule is CCCCC(Cc1nc2ccccc2c(=O)n1-c1cccc(Cl)c1)C(=O)N1CCS(O)(O)CC1. The minimum atomic E-state index is -2.59. The number of hydrogen-bond donors (Lipinski definition) is 2. The molecule has 2 aromatic carbocycles. The maximum Gasteiger partial charge on any atom is 0.265 e. The standard InChI is InChI=1S/C25H30ClN3O4S/c1-2-3-7-18(24(30)28-12-14-34(32,33)15-13-28)16-23-27-22-11-5-4-10-21(22)25(31)29(23)20-9-6-8-19(26)17-20/h4-6,8-11,17-18,32-33H,2-3,7,12-16H2,1H3. The summed E-state index contributed by atoms with van der Waals surface area (Å²) in [6.45, 7) is 2.74. The predicted molar refractivity (Wildman–Crippen MR) is 138 cm³/mol. The minimum Gasteiger partial charge on any atom is -0.339 e. The summed E-state index contributed by atoms with van der Waals surface area (Å²) >= 11 is 6.23. The Morgan fingerprint density at radius 1 is 1.15 bits per heavy atom. The second-order valence-corrected chi connectivity index (χ2v) is 11.6. The van der Waals surface area contributed by atoms with Crippen molar-refractivity contribution >= 4 is 39.0 Å². The van der Waals surface area contributed by atoms with E-state index in [0.29, 0.717) is 53.4 Å². The molecule has 9 heteroatoms. The minimum absolute atomic E-state index is 0.0246. The van der Waals surface area contributed by atoms with Gasteiger partial charge in [-0.05, 0) is 36.8 Å². The van der Waals surface area contributed by atoms with Gasteiger partial charge in [-0.1, -0.05) is 49.6 Å². The number of rotatable bonds is 7. The van der Waals surface area contributed by atoms with Crippen molar-refractivity contribution in [2.24, 2.45) is 5.92 Å². The molecule has 2 heterocycles. The van der Waals surface area contributed by atoms with E-state index in [1.165, 1.54) is 0 Å². The topological polar surface area (TPSA) is 95.7 Å². The number of amides is 1. The van der Waals surface area contributed by atoms with Gasteiger partial charge in [-0.25, -0.2) is 4.98 Å². The quantitative estimate of drug-likeness (QED) is 0.474.